The minimum atomic E-state index is -0.902. The molecule has 3 nitrogen and oxygen atoms in total. The van der Waals surface area contributed by atoms with Gasteiger partial charge in [-0.3, -0.25) is 0 Å². The number of aromatic carboxylic acids is 1. The third-order valence-corrected chi connectivity index (χ3v) is 6.17. The summed E-state index contributed by atoms with van der Waals surface area (Å²) in [6, 6.07) is 15.2. The van der Waals surface area contributed by atoms with Gasteiger partial charge in [-0.05, 0) is 73.9 Å². The minimum absolute atomic E-state index is 0.271. The Labute approximate surface area is 206 Å². The molecule has 2 aromatic carbocycles. The molecule has 0 fully saturated rings. The Balaban J connectivity index is 1.84. The summed E-state index contributed by atoms with van der Waals surface area (Å²) in [6.45, 7) is 5.95. The summed E-state index contributed by atoms with van der Waals surface area (Å²) in [5.74, 6) is 0.0151. The van der Waals surface area contributed by atoms with Crippen molar-refractivity contribution in [2.45, 2.75) is 90.1 Å². The number of ether oxygens (including phenoxy) is 1. The van der Waals surface area contributed by atoms with Crippen LogP contribution in [0.2, 0.25) is 0 Å². The lowest BCUT2D eigenvalue weighted by Crippen LogP contribution is -2.16. The second-order valence-electron chi connectivity index (χ2n) is 9.01. The number of hydrogen-bond acceptors (Lipinski definition) is 2. The maximum absolute atomic E-state index is 11.1. The van der Waals surface area contributed by atoms with E-state index in [0.29, 0.717) is 5.56 Å². The van der Waals surface area contributed by atoms with Gasteiger partial charge in [0.05, 0.1) is 11.7 Å². The summed E-state index contributed by atoms with van der Waals surface area (Å²) in [5.41, 5.74) is 2.37. The molecule has 0 saturated carbocycles. The number of carboxylic acids is 1. The van der Waals surface area contributed by atoms with Crippen LogP contribution in [0.3, 0.4) is 0 Å². The van der Waals surface area contributed by atoms with Crippen LogP contribution in [0, 0.1) is 0 Å². The predicted molar refractivity (Wildman–Crippen MR) is 144 cm³/mol. The lowest BCUT2D eigenvalue weighted by atomic mass is 10.0. The average molecular weight is 463 g/mol. The smallest absolute Gasteiger partial charge is 0.335 e. The van der Waals surface area contributed by atoms with Crippen molar-refractivity contribution in [3.05, 3.63) is 78.9 Å². The molecule has 0 spiro atoms. The van der Waals surface area contributed by atoms with Crippen LogP contribution >= 0.6 is 0 Å². The Morgan fingerprint density at radius 1 is 0.853 bits per heavy atom. The van der Waals surface area contributed by atoms with Crippen LogP contribution in [0.15, 0.2) is 73.3 Å². The van der Waals surface area contributed by atoms with Gasteiger partial charge >= 0.3 is 5.97 Å². The molecule has 0 radical (unpaired) electrons. The minimum Gasteiger partial charge on any atom is -0.490 e. The van der Waals surface area contributed by atoms with Gasteiger partial charge in [-0.1, -0.05) is 94.5 Å². The highest BCUT2D eigenvalue weighted by Gasteiger charge is 2.11. The zero-order valence-corrected chi connectivity index (χ0v) is 20.9. The Bertz CT molecular complexity index is 849. The van der Waals surface area contributed by atoms with E-state index in [0.717, 1.165) is 36.1 Å². The van der Waals surface area contributed by atoms with E-state index in [1.165, 1.54) is 57.8 Å². The maximum Gasteiger partial charge on any atom is 0.335 e. The van der Waals surface area contributed by atoms with Crippen molar-refractivity contribution in [3.63, 3.8) is 0 Å². The summed E-state index contributed by atoms with van der Waals surface area (Å²) in [7, 11) is 0. The summed E-state index contributed by atoms with van der Waals surface area (Å²) in [5, 5.41) is 9.08. The van der Waals surface area contributed by atoms with Crippen molar-refractivity contribution in [2.75, 3.05) is 0 Å². The van der Waals surface area contributed by atoms with Gasteiger partial charge in [0.1, 0.15) is 5.75 Å². The Kier molecular flexibility index (Phi) is 13.5. The van der Waals surface area contributed by atoms with Gasteiger partial charge in [-0.2, -0.15) is 0 Å². The maximum atomic E-state index is 11.1. The molecule has 0 bridgehead atoms. The summed E-state index contributed by atoms with van der Waals surface area (Å²) < 4.78 is 6.41. The van der Waals surface area contributed by atoms with E-state index in [4.69, 9.17) is 9.84 Å². The van der Waals surface area contributed by atoms with Crippen LogP contribution in [0.5, 0.6) is 5.75 Å². The summed E-state index contributed by atoms with van der Waals surface area (Å²) >= 11 is 0. The van der Waals surface area contributed by atoms with Gasteiger partial charge in [-0.15, -0.1) is 0 Å². The molecule has 2 rings (SSSR count). The monoisotopic (exact) mass is 462 g/mol. The molecule has 3 heteroatoms. The molecule has 0 aliphatic carbocycles. The number of hydrogen-bond donors (Lipinski definition) is 1. The fourth-order valence-electron chi connectivity index (χ4n) is 4.14. The SMILES string of the molecule is C=C/C=C\CCCCCCCC(CCCCCC)Oc1ccc(-c2ccc(C(=O)O)cc2)cc1. The van der Waals surface area contributed by atoms with Crippen molar-refractivity contribution < 1.29 is 14.6 Å². The van der Waals surface area contributed by atoms with Gasteiger partial charge in [0.25, 0.3) is 0 Å². The first kappa shape index (κ1) is 27.4. The number of allylic oxidation sites excluding steroid dienone is 3. The van der Waals surface area contributed by atoms with E-state index in [2.05, 4.69) is 31.7 Å². The Hall–Kier alpha value is -2.81. The molecule has 1 atom stereocenters. The molecule has 0 heterocycles. The molecule has 1 unspecified atom stereocenters. The number of carboxylic acid groups (broad SMARTS) is 1. The fourth-order valence-corrected chi connectivity index (χ4v) is 4.14. The second kappa shape index (κ2) is 16.7. The molecule has 34 heavy (non-hydrogen) atoms. The molecule has 0 aliphatic rings. The van der Waals surface area contributed by atoms with Crippen LogP contribution in [0.1, 0.15) is 94.3 Å². The zero-order chi connectivity index (χ0) is 24.4. The van der Waals surface area contributed by atoms with Crippen molar-refractivity contribution in [1.29, 1.82) is 0 Å². The first-order valence-corrected chi connectivity index (χ1v) is 13.0. The van der Waals surface area contributed by atoms with Gasteiger partial charge in [0.15, 0.2) is 0 Å². The third kappa shape index (κ3) is 10.9. The molecule has 184 valence electrons. The van der Waals surface area contributed by atoms with Crippen molar-refractivity contribution in [3.8, 4) is 16.9 Å². The van der Waals surface area contributed by atoms with Crippen LogP contribution in [-0.4, -0.2) is 17.2 Å². The third-order valence-electron chi connectivity index (χ3n) is 6.17. The lowest BCUT2D eigenvalue weighted by Gasteiger charge is -2.20. The summed E-state index contributed by atoms with van der Waals surface area (Å²) in [4.78, 5) is 11.1. The normalized spacial score (nSPS) is 12.0. The van der Waals surface area contributed by atoms with Gasteiger partial charge in [0, 0.05) is 0 Å². The van der Waals surface area contributed by atoms with Gasteiger partial charge in [0.2, 0.25) is 0 Å². The first-order valence-electron chi connectivity index (χ1n) is 13.0. The van der Waals surface area contributed by atoms with Gasteiger partial charge < -0.3 is 9.84 Å². The van der Waals surface area contributed by atoms with E-state index < -0.39 is 5.97 Å². The Morgan fingerprint density at radius 2 is 1.41 bits per heavy atom. The summed E-state index contributed by atoms with van der Waals surface area (Å²) in [6.07, 6.45) is 21.1. The molecule has 0 amide bonds. The van der Waals surface area contributed by atoms with E-state index in [1.54, 1.807) is 12.1 Å². The highest BCUT2D eigenvalue weighted by molar-refractivity contribution is 5.88. The molecular formula is C31H42O3. The van der Waals surface area contributed by atoms with Crippen molar-refractivity contribution >= 4 is 5.97 Å². The zero-order valence-electron chi connectivity index (χ0n) is 20.9. The molecule has 0 saturated heterocycles. The highest BCUT2D eigenvalue weighted by Crippen LogP contribution is 2.25. The number of unbranched alkanes of at least 4 members (excludes halogenated alkanes) is 8. The fraction of sp³-hybridized carbons (Fsp3) is 0.452. The molecule has 0 aromatic heterocycles. The highest BCUT2D eigenvalue weighted by atomic mass is 16.5. The largest absolute Gasteiger partial charge is 0.490 e. The number of benzene rings is 2. The van der Waals surface area contributed by atoms with Crippen LogP contribution in [0.25, 0.3) is 11.1 Å². The standard InChI is InChI=1S/C31H42O3/c1-3-5-7-9-10-11-12-13-15-17-29(16-14-8-6-4-2)34-30-24-22-27(23-25-30)26-18-20-28(21-19-26)31(32)33/h3,5,7,18-25,29H,1,4,6,8-17H2,2H3,(H,32,33)/b7-5-. The second-order valence-corrected chi connectivity index (χ2v) is 9.01. The number of carbonyl (C=O) groups is 1. The molecule has 2 aromatic rings. The van der Waals surface area contributed by atoms with Crippen LogP contribution < -0.4 is 4.74 Å². The van der Waals surface area contributed by atoms with Crippen molar-refractivity contribution in [1.82, 2.24) is 0 Å². The van der Waals surface area contributed by atoms with Crippen molar-refractivity contribution in [2.24, 2.45) is 0 Å². The van der Waals surface area contributed by atoms with Gasteiger partial charge in [-0.25, -0.2) is 4.79 Å². The van der Waals surface area contributed by atoms with E-state index in [-0.39, 0.29) is 6.10 Å². The molecule has 1 N–H and O–H groups in total. The molecular weight excluding hydrogens is 420 g/mol. The van der Waals surface area contributed by atoms with E-state index in [1.807, 2.05) is 36.4 Å². The van der Waals surface area contributed by atoms with Crippen LogP contribution in [0.4, 0.5) is 0 Å². The topological polar surface area (TPSA) is 46.5 Å². The molecule has 0 aliphatic heterocycles. The predicted octanol–water partition coefficient (Wildman–Crippen LogP) is 9.24. The van der Waals surface area contributed by atoms with Crippen LogP contribution in [-0.2, 0) is 0 Å². The average Bonchev–Trinajstić information content (AvgIpc) is 2.86. The number of rotatable bonds is 18. The quantitative estimate of drug-likeness (QED) is 0.177. The lowest BCUT2D eigenvalue weighted by molar-refractivity contribution is 0.0697. The van der Waals surface area contributed by atoms with E-state index >= 15 is 0 Å². The Morgan fingerprint density at radius 3 is 2.00 bits per heavy atom. The van der Waals surface area contributed by atoms with E-state index in [9.17, 15) is 4.79 Å². The first-order chi connectivity index (χ1) is 16.6.